The molecule has 0 radical (unpaired) electrons. The van der Waals surface area contributed by atoms with E-state index in [-0.39, 0.29) is 37.4 Å². The summed E-state index contributed by atoms with van der Waals surface area (Å²) in [6.45, 7) is 0.927. The first-order valence-electron chi connectivity index (χ1n) is 9.72. The van der Waals surface area contributed by atoms with Gasteiger partial charge in [0.05, 0.1) is 12.2 Å². The maximum Gasteiger partial charge on any atom is 0.416 e. The van der Waals surface area contributed by atoms with Crippen molar-refractivity contribution >= 4 is 11.6 Å². The molecule has 2 fully saturated rings. The van der Waals surface area contributed by atoms with Gasteiger partial charge >= 0.3 is 6.18 Å². The van der Waals surface area contributed by atoms with Gasteiger partial charge in [0.15, 0.2) is 11.6 Å². The molecular weight excluding hydrogens is 404 g/mol. The highest BCUT2D eigenvalue weighted by Gasteiger charge is 2.35. The summed E-state index contributed by atoms with van der Waals surface area (Å²) in [7, 11) is 0. The third-order valence-electron chi connectivity index (χ3n) is 5.33. The van der Waals surface area contributed by atoms with Crippen molar-refractivity contribution in [3.05, 3.63) is 47.5 Å². The number of halogens is 4. The molecule has 4 rings (SSSR count). The quantitative estimate of drug-likeness (QED) is 0.662. The number of alkyl halides is 3. The van der Waals surface area contributed by atoms with Gasteiger partial charge in [-0.15, -0.1) is 0 Å². The Bertz CT molecular complexity index is 881. The van der Waals surface area contributed by atoms with Gasteiger partial charge in [0.25, 0.3) is 0 Å². The summed E-state index contributed by atoms with van der Waals surface area (Å²) >= 11 is 0. The van der Waals surface area contributed by atoms with Crippen molar-refractivity contribution in [2.24, 2.45) is 0 Å². The number of hydrogen-bond donors (Lipinski definition) is 2. The Labute approximate surface area is 170 Å². The molecule has 0 bridgehead atoms. The Hall–Kier alpha value is -2.46. The molecule has 10 heteroatoms. The van der Waals surface area contributed by atoms with Crippen LogP contribution in [0.15, 0.2) is 30.6 Å². The fourth-order valence-electron chi connectivity index (χ4n) is 3.43. The summed E-state index contributed by atoms with van der Waals surface area (Å²) < 4.78 is 58.7. The second-order valence-corrected chi connectivity index (χ2v) is 7.79. The summed E-state index contributed by atoms with van der Waals surface area (Å²) in [5.74, 6) is -0.596. The van der Waals surface area contributed by atoms with E-state index in [0.29, 0.717) is 18.6 Å². The van der Waals surface area contributed by atoms with Crippen LogP contribution in [0.25, 0.3) is 0 Å². The Morgan fingerprint density at radius 3 is 2.53 bits per heavy atom. The van der Waals surface area contributed by atoms with Gasteiger partial charge in [-0.3, -0.25) is 0 Å². The summed E-state index contributed by atoms with van der Waals surface area (Å²) in [6.07, 6.45) is -1.02. The Balaban J connectivity index is 1.51. The molecule has 1 aliphatic heterocycles. The van der Waals surface area contributed by atoms with Gasteiger partial charge in [0.2, 0.25) is 5.82 Å². The molecule has 0 amide bonds. The zero-order valence-corrected chi connectivity index (χ0v) is 16.1. The van der Waals surface area contributed by atoms with Crippen LogP contribution in [0, 0.1) is 5.82 Å². The third-order valence-corrected chi connectivity index (χ3v) is 5.33. The van der Waals surface area contributed by atoms with E-state index in [1.54, 1.807) is 4.90 Å². The van der Waals surface area contributed by atoms with Crippen molar-refractivity contribution in [1.82, 2.24) is 9.97 Å². The second kappa shape index (κ2) is 7.99. The van der Waals surface area contributed by atoms with Crippen LogP contribution < -0.4 is 10.2 Å². The molecule has 1 saturated carbocycles. The predicted octanol–water partition coefficient (Wildman–Crippen LogP) is 3.37. The third kappa shape index (κ3) is 4.65. The van der Waals surface area contributed by atoms with E-state index in [1.165, 1.54) is 18.5 Å². The largest absolute Gasteiger partial charge is 0.416 e. The number of ether oxygens (including phenoxy) is 1. The lowest BCUT2D eigenvalue weighted by atomic mass is 10.0. The molecule has 6 nitrogen and oxygen atoms in total. The second-order valence-electron chi connectivity index (χ2n) is 7.79. The highest BCUT2D eigenvalue weighted by Crippen LogP contribution is 2.35. The molecule has 2 heterocycles. The number of nitrogens with zero attached hydrogens (tertiary/aromatic N) is 3. The molecule has 1 aromatic carbocycles. The maximum absolute atomic E-state index is 15.1. The minimum Gasteiger partial charge on any atom is -0.386 e. The first-order chi connectivity index (χ1) is 14.3. The molecular formula is C20H22F4N4O2. The molecule has 30 heavy (non-hydrogen) atoms. The number of anilines is 2. The highest BCUT2D eigenvalue weighted by molar-refractivity contribution is 5.52. The molecule has 1 atom stereocenters. The minimum absolute atomic E-state index is 0.0293. The van der Waals surface area contributed by atoms with Gasteiger partial charge in [-0.05, 0) is 30.5 Å². The van der Waals surface area contributed by atoms with Crippen LogP contribution in [0.1, 0.15) is 30.4 Å². The van der Waals surface area contributed by atoms with Crippen LogP contribution in [-0.4, -0.2) is 46.5 Å². The molecule has 2 aromatic rings. The number of hydrogen-bond acceptors (Lipinski definition) is 6. The SMILES string of the molecule is OC1(CNc2ncnc(N(Cc3ccc(C(F)(F)F)cc3)C3CC3)c2F)CCOC1. The summed E-state index contributed by atoms with van der Waals surface area (Å²) in [5.41, 5.74) is -1.17. The number of rotatable bonds is 7. The summed E-state index contributed by atoms with van der Waals surface area (Å²) in [4.78, 5) is 9.77. The van der Waals surface area contributed by atoms with E-state index in [2.05, 4.69) is 15.3 Å². The smallest absolute Gasteiger partial charge is 0.386 e. The van der Waals surface area contributed by atoms with Crippen LogP contribution >= 0.6 is 0 Å². The van der Waals surface area contributed by atoms with Gasteiger partial charge in [-0.1, -0.05) is 12.1 Å². The van der Waals surface area contributed by atoms with Gasteiger partial charge in [-0.2, -0.15) is 17.6 Å². The van der Waals surface area contributed by atoms with Crippen molar-refractivity contribution in [2.45, 2.75) is 43.6 Å². The van der Waals surface area contributed by atoms with Crippen LogP contribution in [0.4, 0.5) is 29.2 Å². The molecule has 1 unspecified atom stereocenters. The highest BCUT2D eigenvalue weighted by atomic mass is 19.4. The van der Waals surface area contributed by atoms with Gasteiger partial charge in [0, 0.05) is 32.2 Å². The summed E-state index contributed by atoms with van der Waals surface area (Å²) in [5, 5.41) is 13.2. The van der Waals surface area contributed by atoms with E-state index < -0.39 is 23.2 Å². The van der Waals surface area contributed by atoms with Gasteiger partial charge < -0.3 is 20.1 Å². The fraction of sp³-hybridized carbons (Fsp3) is 0.500. The van der Waals surface area contributed by atoms with E-state index in [0.717, 1.165) is 25.0 Å². The molecule has 2 aliphatic rings. The lowest BCUT2D eigenvalue weighted by molar-refractivity contribution is -0.137. The summed E-state index contributed by atoms with van der Waals surface area (Å²) in [6, 6.07) is 4.90. The van der Waals surface area contributed by atoms with Crippen molar-refractivity contribution in [1.29, 1.82) is 0 Å². The van der Waals surface area contributed by atoms with Gasteiger partial charge in [-0.25, -0.2) is 9.97 Å². The lowest BCUT2D eigenvalue weighted by Crippen LogP contribution is -2.37. The topological polar surface area (TPSA) is 70.5 Å². The van der Waals surface area contributed by atoms with E-state index in [1.807, 2.05) is 0 Å². The number of aromatic nitrogens is 2. The fourth-order valence-corrected chi connectivity index (χ4v) is 3.43. The zero-order chi connectivity index (χ0) is 21.4. The van der Waals surface area contributed by atoms with E-state index in [4.69, 9.17) is 4.74 Å². The van der Waals surface area contributed by atoms with Crippen LogP contribution in [0.3, 0.4) is 0 Å². The first-order valence-corrected chi connectivity index (χ1v) is 9.72. The number of benzene rings is 1. The minimum atomic E-state index is -4.40. The standard InChI is InChI=1S/C20H22F4N4O2/c21-16-17(25-10-19(29)7-8-30-11-19)26-12-27-18(16)28(15-5-6-15)9-13-1-3-14(4-2-13)20(22,23)24/h1-4,12,15,29H,5-11H2,(H,25,26,27). The lowest BCUT2D eigenvalue weighted by Gasteiger charge is -2.25. The van der Waals surface area contributed by atoms with Crippen molar-refractivity contribution in [3.63, 3.8) is 0 Å². The molecule has 1 aliphatic carbocycles. The van der Waals surface area contributed by atoms with Gasteiger partial charge in [0.1, 0.15) is 11.9 Å². The molecule has 162 valence electrons. The monoisotopic (exact) mass is 426 g/mol. The van der Waals surface area contributed by atoms with Crippen molar-refractivity contribution in [2.75, 3.05) is 30.0 Å². The first kappa shape index (κ1) is 20.8. The van der Waals surface area contributed by atoms with Crippen LogP contribution in [0.2, 0.25) is 0 Å². The average Bonchev–Trinajstić information content (AvgIpc) is 3.46. The van der Waals surface area contributed by atoms with E-state index in [9.17, 15) is 18.3 Å². The Morgan fingerprint density at radius 1 is 1.20 bits per heavy atom. The average molecular weight is 426 g/mol. The normalized spacial score (nSPS) is 21.6. The van der Waals surface area contributed by atoms with E-state index >= 15 is 4.39 Å². The zero-order valence-electron chi connectivity index (χ0n) is 16.1. The molecule has 2 N–H and O–H groups in total. The van der Waals surface area contributed by atoms with Crippen LogP contribution in [-0.2, 0) is 17.5 Å². The van der Waals surface area contributed by atoms with Crippen LogP contribution in [0.5, 0.6) is 0 Å². The number of nitrogens with one attached hydrogen (secondary N) is 1. The Kier molecular flexibility index (Phi) is 5.54. The molecule has 1 aromatic heterocycles. The molecule has 1 saturated heterocycles. The number of aliphatic hydroxyl groups is 1. The maximum atomic E-state index is 15.1. The Morgan fingerprint density at radius 2 is 1.93 bits per heavy atom. The van der Waals surface area contributed by atoms with Crippen molar-refractivity contribution in [3.8, 4) is 0 Å². The predicted molar refractivity (Wildman–Crippen MR) is 102 cm³/mol. The molecule has 0 spiro atoms. The van der Waals surface area contributed by atoms with Crippen molar-refractivity contribution < 1.29 is 27.4 Å².